The van der Waals surface area contributed by atoms with E-state index in [1.54, 1.807) is 26.0 Å². The summed E-state index contributed by atoms with van der Waals surface area (Å²) in [6.07, 6.45) is 0. The molecule has 0 saturated heterocycles. The fraction of sp³-hybridized carbons (Fsp3) is 0.310. The highest BCUT2D eigenvalue weighted by Gasteiger charge is 2.32. The molecule has 0 spiro atoms. The molecule has 3 aromatic rings. The summed E-state index contributed by atoms with van der Waals surface area (Å²) in [5.41, 5.74) is 4.10. The zero-order chi connectivity index (χ0) is 28.0. The van der Waals surface area contributed by atoms with E-state index in [-0.39, 0.29) is 17.3 Å². The van der Waals surface area contributed by atoms with Gasteiger partial charge in [0.15, 0.2) is 0 Å². The van der Waals surface area contributed by atoms with Crippen molar-refractivity contribution in [1.82, 2.24) is 10.2 Å². The van der Waals surface area contributed by atoms with Crippen molar-refractivity contribution in [2.45, 2.75) is 52.1 Å². The lowest BCUT2D eigenvalue weighted by Crippen LogP contribution is -2.51. The summed E-state index contributed by atoms with van der Waals surface area (Å²) in [5, 5.41) is 3.16. The molecule has 2 amide bonds. The Hall–Kier alpha value is -3.36. The van der Waals surface area contributed by atoms with Gasteiger partial charge in [0.25, 0.3) is 10.0 Å². The quantitative estimate of drug-likeness (QED) is 0.381. The first kappa shape index (κ1) is 29.2. The number of carbonyl (C=O) groups excluding carboxylic acids is 2. The largest absolute Gasteiger partial charge is 0.355 e. The van der Waals surface area contributed by atoms with Crippen LogP contribution in [0, 0.1) is 20.8 Å². The maximum absolute atomic E-state index is 13.9. The Bertz CT molecular complexity index is 1410. The topological polar surface area (TPSA) is 86.8 Å². The lowest BCUT2D eigenvalue weighted by molar-refractivity contribution is -0.139. The van der Waals surface area contributed by atoms with Gasteiger partial charge in [0.05, 0.1) is 10.6 Å². The van der Waals surface area contributed by atoms with E-state index < -0.39 is 28.5 Å². The molecule has 202 valence electrons. The number of rotatable bonds is 10. The third-order valence-corrected chi connectivity index (χ3v) is 8.45. The molecule has 0 aliphatic heterocycles. The fourth-order valence-corrected chi connectivity index (χ4v) is 5.59. The highest BCUT2D eigenvalue weighted by Crippen LogP contribution is 2.27. The van der Waals surface area contributed by atoms with Gasteiger partial charge in [-0.05, 0) is 87.7 Å². The summed E-state index contributed by atoms with van der Waals surface area (Å²) in [6, 6.07) is 17.9. The summed E-state index contributed by atoms with van der Waals surface area (Å²) in [7, 11) is -4.14. The Morgan fingerprint density at radius 2 is 1.63 bits per heavy atom. The molecule has 0 bridgehead atoms. The molecule has 9 heteroatoms. The summed E-state index contributed by atoms with van der Waals surface area (Å²) >= 11 is 5.99. The van der Waals surface area contributed by atoms with E-state index in [9.17, 15) is 18.0 Å². The maximum Gasteiger partial charge on any atom is 0.264 e. The van der Waals surface area contributed by atoms with Crippen LogP contribution in [0.2, 0.25) is 5.02 Å². The van der Waals surface area contributed by atoms with Crippen molar-refractivity contribution < 1.29 is 18.0 Å². The van der Waals surface area contributed by atoms with E-state index in [0.29, 0.717) is 17.3 Å². The molecular weight excluding hydrogens is 522 g/mol. The van der Waals surface area contributed by atoms with Gasteiger partial charge in [0.2, 0.25) is 11.8 Å². The Kier molecular flexibility index (Phi) is 9.57. The van der Waals surface area contributed by atoms with Crippen molar-refractivity contribution in [3.8, 4) is 0 Å². The van der Waals surface area contributed by atoms with E-state index in [0.717, 1.165) is 26.6 Å². The summed E-state index contributed by atoms with van der Waals surface area (Å²) in [5.74, 6) is -0.812. The second-order valence-electron chi connectivity index (χ2n) is 9.32. The van der Waals surface area contributed by atoms with Crippen molar-refractivity contribution >= 4 is 39.1 Å². The number of carbonyl (C=O) groups is 2. The number of hydrogen-bond acceptors (Lipinski definition) is 4. The monoisotopic (exact) mass is 555 g/mol. The van der Waals surface area contributed by atoms with Gasteiger partial charge in [0, 0.05) is 18.1 Å². The summed E-state index contributed by atoms with van der Waals surface area (Å²) in [6.45, 7) is 9.29. The van der Waals surface area contributed by atoms with Gasteiger partial charge in [-0.3, -0.25) is 13.9 Å². The lowest BCUT2D eigenvalue weighted by Gasteiger charge is -2.32. The first-order valence-corrected chi connectivity index (χ1v) is 14.2. The summed E-state index contributed by atoms with van der Waals surface area (Å²) in [4.78, 5) is 28.1. The number of anilines is 1. The molecule has 1 N–H and O–H groups in total. The number of likely N-dealkylation sites (N-methyl/N-ethyl adjacent to an activating group) is 1. The van der Waals surface area contributed by atoms with Crippen LogP contribution >= 0.6 is 11.6 Å². The third kappa shape index (κ3) is 6.94. The number of nitrogens with zero attached hydrogens (tertiary/aromatic N) is 2. The first-order chi connectivity index (χ1) is 17.9. The average molecular weight is 556 g/mol. The number of halogens is 1. The Morgan fingerprint density at radius 1 is 0.947 bits per heavy atom. The van der Waals surface area contributed by atoms with Crippen molar-refractivity contribution in [1.29, 1.82) is 0 Å². The van der Waals surface area contributed by atoms with Crippen LogP contribution < -0.4 is 9.62 Å². The molecule has 0 aliphatic rings. The van der Waals surface area contributed by atoms with Crippen molar-refractivity contribution in [2.24, 2.45) is 0 Å². The minimum atomic E-state index is -4.14. The molecular formula is C29H34ClN3O4S. The number of sulfonamides is 1. The van der Waals surface area contributed by atoms with Gasteiger partial charge >= 0.3 is 0 Å². The maximum atomic E-state index is 13.9. The molecule has 3 rings (SSSR count). The number of amides is 2. The van der Waals surface area contributed by atoms with Gasteiger partial charge in [-0.15, -0.1) is 0 Å². The molecule has 0 aromatic heterocycles. The van der Waals surface area contributed by atoms with Crippen molar-refractivity contribution in [3.63, 3.8) is 0 Å². The molecule has 0 aliphatic carbocycles. The smallest absolute Gasteiger partial charge is 0.264 e. The average Bonchev–Trinajstić information content (AvgIpc) is 2.87. The predicted molar refractivity (Wildman–Crippen MR) is 152 cm³/mol. The van der Waals surface area contributed by atoms with Crippen LogP contribution in [-0.4, -0.2) is 44.3 Å². The zero-order valence-corrected chi connectivity index (χ0v) is 23.9. The Balaban J connectivity index is 2.06. The van der Waals surface area contributed by atoms with Crippen LogP contribution in [-0.2, 0) is 26.2 Å². The second kappa shape index (κ2) is 12.5. The van der Waals surface area contributed by atoms with E-state index in [1.807, 2.05) is 51.1 Å². The van der Waals surface area contributed by atoms with Crippen LogP contribution in [0.3, 0.4) is 0 Å². The molecule has 0 saturated carbocycles. The van der Waals surface area contributed by atoms with Gasteiger partial charge < -0.3 is 10.2 Å². The zero-order valence-electron chi connectivity index (χ0n) is 22.4. The molecule has 0 heterocycles. The Morgan fingerprint density at radius 3 is 2.24 bits per heavy atom. The highest BCUT2D eigenvalue weighted by molar-refractivity contribution is 7.92. The van der Waals surface area contributed by atoms with Gasteiger partial charge in [0.1, 0.15) is 12.6 Å². The first-order valence-electron chi connectivity index (χ1n) is 12.4. The van der Waals surface area contributed by atoms with Gasteiger partial charge in [-0.25, -0.2) is 8.42 Å². The molecule has 0 radical (unpaired) electrons. The standard InChI is InChI=1S/C29H34ClN3O4S/c1-6-31-29(35)23(5)32(18-24-9-7-8-20(2)16-24)28(34)19-33(26-13-10-21(3)22(4)17-26)38(36,37)27-14-11-25(30)12-15-27/h7-17,23H,6,18-19H2,1-5H3,(H,31,35). The molecule has 0 fully saturated rings. The predicted octanol–water partition coefficient (Wildman–Crippen LogP) is 5.01. The Labute approximate surface area is 230 Å². The van der Waals surface area contributed by atoms with Crippen LogP contribution in [0.4, 0.5) is 5.69 Å². The SMILES string of the molecule is CCNC(=O)C(C)N(Cc1cccc(C)c1)C(=O)CN(c1ccc(C)c(C)c1)S(=O)(=O)c1ccc(Cl)cc1. The van der Waals surface area contributed by atoms with Crippen LogP contribution in [0.1, 0.15) is 36.1 Å². The summed E-state index contributed by atoms with van der Waals surface area (Å²) < 4.78 is 28.8. The van der Waals surface area contributed by atoms with E-state index in [2.05, 4.69) is 5.32 Å². The lowest BCUT2D eigenvalue weighted by atomic mass is 10.1. The molecule has 7 nitrogen and oxygen atoms in total. The van der Waals surface area contributed by atoms with Crippen molar-refractivity contribution in [3.05, 3.63) is 94.0 Å². The van der Waals surface area contributed by atoms with Gasteiger partial charge in [-0.1, -0.05) is 47.5 Å². The molecule has 3 aromatic carbocycles. The minimum Gasteiger partial charge on any atom is -0.355 e. The van der Waals surface area contributed by atoms with Gasteiger partial charge in [-0.2, -0.15) is 0 Å². The third-order valence-electron chi connectivity index (χ3n) is 6.41. The van der Waals surface area contributed by atoms with E-state index in [4.69, 9.17) is 11.6 Å². The van der Waals surface area contributed by atoms with Crippen molar-refractivity contribution in [2.75, 3.05) is 17.4 Å². The molecule has 1 atom stereocenters. The normalized spacial score (nSPS) is 12.1. The number of benzene rings is 3. The van der Waals surface area contributed by atoms with E-state index >= 15 is 0 Å². The number of hydrogen-bond donors (Lipinski definition) is 1. The highest BCUT2D eigenvalue weighted by atomic mass is 35.5. The van der Waals surface area contributed by atoms with E-state index in [1.165, 1.54) is 29.2 Å². The van der Waals surface area contributed by atoms with Crippen LogP contribution in [0.5, 0.6) is 0 Å². The molecule has 38 heavy (non-hydrogen) atoms. The molecule has 1 unspecified atom stereocenters. The fourth-order valence-electron chi connectivity index (χ4n) is 4.06. The van der Waals surface area contributed by atoms with Crippen LogP contribution in [0.25, 0.3) is 0 Å². The number of nitrogens with one attached hydrogen (secondary N) is 1. The second-order valence-corrected chi connectivity index (χ2v) is 11.6. The number of aryl methyl sites for hydroxylation is 3. The van der Waals surface area contributed by atoms with Crippen LogP contribution in [0.15, 0.2) is 71.6 Å². The minimum absolute atomic E-state index is 0.00920.